The molecule has 4 nitrogen and oxygen atoms in total. The van der Waals surface area contributed by atoms with E-state index >= 15 is 0 Å². The molecule has 2 aliphatic rings. The summed E-state index contributed by atoms with van der Waals surface area (Å²) in [6.07, 6.45) is 1.19. The molecule has 2 aliphatic heterocycles. The number of likely N-dealkylation sites (tertiary alicyclic amines) is 1. The van der Waals surface area contributed by atoms with Gasteiger partial charge in [0.05, 0.1) is 6.54 Å². The van der Waals surface area contributed by atoms with Gasteiger partial charge in [0.25, 0.3) is 0 Å². The minimum absolute atomic E-state index is 0.141. The number of cyclic esters (lactones) is 1. The number of ether oxygens (including phenoxy) is 1. The van der Waals surface area contributed by atoms with Crippen LogP contribution in [-0.4, -0.2) is 55.2 Å². The molecular weight excluding hydrogens is 204 g/mol. The lowest BCUT2D eigenvalue weighted by Gasteiger charge is -2.35. The number of nitrogens with zero attached hydrogens (tertiary/aromatic N) is 2. The second-order valence-electron chi connectivity index (χ2n) is 5.31. The fourth-order valence-electron chi connectivity index (χ4n) is 2.87. The van der Waals surface area contributed by atoms with Crippen molar-refractivity contribution in [2.24, 2.45) is 11.8 Å². The molecule has 0 bridgehead atoms. The summed E-state index contributed by atoms with van der Waals surface area (Å²) >= 11 is 0. The van der Waals surface area contributed by atoms with Crippen molar-refractivity contribution in [3.8, 4) is 0 Å². The Balaban J connectivity index is 1.74. The van der Waals surface area contributed by atoms with Crippen molar-refractivity contribution in [1.29, 1.82) is 0 Å². The van der Waals surface area contributed by atoms with Crippen LogP contribution in [0.4, 0.5) is 4.79 Å². The van der Waals surface area contributed by atoms with E-state index in [4.69, 9.17) is 4.74 Å². The normalized spacial score (nSPS) is 31.9. The molecule has 0 radical (unpaired) electrons. The van der Waals surface area contributed by atoms with E-state index in [-0.39, 0.29) is 6.09 Å². The second kappa shape index (κ2) is 5.04. The van der Waals surface area contributed by atoms with E-state index in [1.165, 1.54) is 19.5 Å². The van der Waals surface area contributed by atoms with Gasteiger partial charge in [0.15, 0.2) is 0 Å². The van der Waals surface area contributed by atoms with Crippen LogP contribution in [0.25, 0.3) is 0 Å². The largest absolute Gasteiger partial charge is 0.448 e. The van der Waals surface area contributed by atoms with Crippen molar-refractivity contribution in [3.63, 3.8) is 0 Å². The number of rotatable bonds is 3. The van der Waals surface area contributed by atoms with Gasteiger partial charge in [-0.1, -0.05) is 13.8 Å². The molecule has 2 saturated heterocycles. The third-order valence-corrected chi connectivity index (χ3v) is 3.48. The number of carbonyl (C=O) groups excluding carboxylic acids is 1. The molecule has 1 amide bonds. The SMILES string of the molecule is C[C@@H]1C[C@H](C)CN(CCN2CCOC2=O)C1. The van der Waals surface area contributed by atoms with E-state index < -0.39 is 0 Å². The third-order valence-electron chi connectivity index (χ3n) is 3.48. The zero-order chi connectivity index (χ0) is 11.5. The highest BCUT2D eigenvalue weighted by atomic mass is 16.6. The van der Waals surface area contributed by atoms with E-state index in [2.05, 4.69) is 18.7 Å². The van der Waals surface area contributed by atoms with Crippen LogP contribution in [0.5, 0.6) is 0 Å². The van der Waals surface area contributed by atoms with Crippen LogP contribution in [0.3, 0.4) is 0 Å². The van der Waals surface area contributed by atoms with Gasteiger partial charge in [-0.3, -0.25) is 0 Å². The zero-order valence-corrected chi connectivity index (χ0v) is 10.3. The van der Waals surface area contributed by atoms with Crippen molar-refractivity contribution in [2.45, 2.75) is 20.3 Å². The fourth-order valence-corrected chi connectivity index (χ4v) is 2.87. The molecule has 0 aromatic carbocycles. The van der Waals surface area contributed by atoms with Crippen LogP contribution < -0.4 is 0 Å². The Morgan fingerprint density at radius 1 is 1.25 bits per heavy atom. The number of hydrogen-bond acceptors (Lipinski definition) is 3. The monoisotopic (exact) mass is 226 g/mol. The van der Waals surface area contributed by atoms with Crippen LogP contribution in [0.15, 0.2) is 0 Å². The minimum atomic E-state index is -0.141. The van der Waals surface area contributed by atoms with Gasteiger partial charge in [-0.25, -0.2) is 4.79 Å². The Hall–Kier alpha value is -0.770. The first-order valence-electron chi connectivity index (χ1n) is 6.29. The van der Waals surface area contributed by atoms with Crippen molar-refractivity contribution < 1.29 is 9.53 Å². The molecule has 0 spiro atoms. The van der Waals surface area contributed by atoms with Crippen LogP contribution in [0.2, 0.25) is 0 Å². The van der Waals surface area contributed by atoms with Gasteiger partial charge in [-0.2, -0.15) is 0 Å². The summed E-state index contributed by atoms with van der Waals surface area (Å²) in [7, 11) is 0. The van der Waals surface area contributed by atoms with Crippen molar-refractivity contribution in [1.82, 2.24) is 9.80 Å². The Kier molecular flexibility index (Phi) is 3.69. The fraction of sp³-hybridized carbons (Fsp3) is 0.917. The Morgan fingerprint density at radius 2 is 1.94 bits per heavy atom. The zero-order valence-electron chi connectivity index (χ0n) is 10.3. The van der Waals surface area contributed by atoms with E-state index in [0.717, 1.165) is 31.5 Å². The maximum atomic E-state index is 11.3. The molecule has 0 N–H and O–H groups in total. The Labute approximate surface area is 97.5 Å². The molecule has 16 heavy (non-hydrogen) atoms. The van der Waals surface area contributed by atoms with Crippen molar-refractivity contribution in [2.75, 3.05) is 39.3 Å². The third kappa shape index (κ3) is 2.88. The molecule has 0 unspecified atom stereocenters. The van der Waals surface area contributed by atoms with Gasteiger partial charge in [-0.05, 0) is 18.3 Å². The highest BCUT2D eigenvalue weighted by Gasteiger charge is 2.25. The summed E-state index contributed by atoms with van der Waals surface area (Å²) < 4.78 is 4.92. The van der Waals surface area contributed by atoms with Gasteiger partial charge in [0.1, 0.15) is 6.61 Å². The lowest BCUT2D eigenvalue weighted by molar-refractivity contribution is 0.124. The molecule has 4 heteroatoms. The molecule has 0 aliphatic carbocycles. The number of hydrogen-bond donors (Lipinski definition) is 0. The molecule has 2 fully saturated rings. The van der Waals surface area contributed by atoms with E-state index in [1.807, 2.05) is 4.90 Å². The maximum absolute atomic E-state index is 11.3. The Morgan fingerprint density at radius 3 is 2.50 bits per heavy atom. The standard InChI is InChI=1S/C12H22N2O2/c1-10-7-11(2)9-13(8-10)3-4-14-5-6-16-12(14)15/h10-11H,3-9H2,1-2H3/t10-,11+. The van der Waals surface area contributed by atoms with Gasteiger partial charge >= 0.3 is 6.09 Å². The molecule has 0 aromatic heterocycles. The summed E-state index contributed by atoms with van der Waals surface area (Å²) in [4.78, 5) is 15.5. The van der Waals surface area contributed by atoms with E-state index in [1.54, 1.807) is 0 Å². The average molecular weight is 226 g/mol. The molecular formula is C12H22N2O2. The smallest absolute Gasteiger partial charge is 0.409 e. The van der Waals surface area contributed by atoms with Crippen molar-refractivity contribution in [3.05, 3.63) is 0 Å². The summed E-state index contributed by atoms with van der Waals surface area (Å²) in [6.45, 7) is 10.1. The minimum Gasteiger partial charge on any atom is -0.448 e. The predicted molar refractivity (Wildman–Crippen MR) is 62.3 cm³/mol. The molecule has 2 heterocycles. The summed E-state index contributed by atoms with van der Waals surface area (Å²) in [5.74, 6) is 1.57. The van der Waals surface area contributed by atoms with Gasteiger partial charge in [0.2, 0.25) is 0 Å². The lowest BCUT2D eigenvalue weighted by Crippen LogP contribution is -2.43. The molecule has 92 valence electrons. The maximum Gasteiger partial charge on any atom is 0.409 e. The molecule has 0 saturated carbocycles. The number of carbonyl (C=O) groups is 1. The molecule has 2 rings (SSSR count). The topological polar surface area (TPSA) is 32.8 Å². The lowest BCUT2D eigenvalue weighted by atomic mass is 9.92. The van der Waals surface area contributed by atoms with Gasteiger partial charge < -0.3 is 14.5 Å². The highest BCUT2D eigenvalue weighted by Crippen LogP contribution is 2.20. The van der Waals surface area contributed by atoms with Crippen LogP contribution >= 0.6 is 0 Å². The summed E-state index contributed by atoms with van der Waals surface area (Å²) in [6, 6.07) is 0. The van der Waals surface area contributed by atoms with E-state index in [0.29, 0.717) is 6.61 Å². The van der Waals surface area contributed by atoms with Gasteiger partial charge in [0, 0.05) is 26.2 Å². The quantitative estimate of drug-likeness (QED) is 0.729. The predicted octanol–water partition coefficient (Wildman–Crippen LogP) is 1.42. The summed E-state index contributed by atoms with van der Waals surface area (Å²) in [5.41, 5.74) is 0. The highest BCUT2D eigenvalue weighted by molar-refractivity contribution is 5.69. The van der Waals surface area contributed by atoms with Crippen LogP contribution in [0, 0.1) is 11.8 Å². The van der Waals surface area contributed by atoms with Crippen LogP contribution in [0.1, 0.15) is 20.3 Å². The van der Waals surface area contributed by atoms with Crippen molar-refractivity contribution >= 4 is 6.09 Å². The first kappa shape index (κ1) is 11.7. The summed E-state index contributed by atoms with van der Waals surface area (Å²) in [5, 5.41) is 0. The molecule has 0 aromatic rings. The van der Waals surface area contributed by atoms with Gasteiger partial charge in [-0.15, -0.1) is 0 Å². The molecule has 2 atom stereocenters. The first-order valence-corrected chi connectivity index (χ1v) is 6.29. The Bertz CT molecular complexity index is 247. The van der Waals surface area contributed by atoms with Crippen LogP contribution in [-0.2, 0) is 4.74 Å². The second-order valence-corrected chi connectivity index (χ2v) is 5.31. The number of amides is 1. The average Bonchev–Trinajstić information content (AvgIpc) is 2.59. The number of piperidine rings is 1. The van der Waals surface area contributed by atoms with E-state index in [9.17, 15) is 4.79 Å². The first-order chi connectivity index (χ1) is 7.65.